The maximum atomic E-state index is 12.4. The van der Waals surface area contributed by atoms with E-state index in [1.165, 1.54) is 31.4 Å². The highest BCUT2D eigenvalue weighted by atomic mass is 32.2. The number of hydrogen-bond acceptors (Lipinski definition) is 6. The quantitative estimate of drug-likeness (QED) is 0.672. The number of amides is 1. The van der Waals surface area contributed by atoms with Crippen LogP contribution in [0.5, 0.6) is 11.5 Å². The summed E-state index contributed by atoms with van der Waals surface area (Å²) in [5.74, 6) is 1.20. The van der Waals surface area contributed by atoms with E-state index >= 15 is 0 Å². The van der Waals surface area contributed by atoms with Crippen LogP contribution in [0.25, 0.3) is 0 Å². The molecule has 0 radical (unpaired) electrons. The zero-order chi connectivity index (χ0) is 19.9. The number of aryl methyl sites for hydroxylation is 1. The number of alkyl halides is 2. The lowest BCUT2D eigenvalue weighted by molar-refractivity contribution is -0.118. The molecule has 28 heavy (non-hydrogen) atoms. The van der Waals surface area contributed by atoms with Crippen molar-refractivity contribution < 1.29 is 23.0 Å². The van der Waals surface area contributed by atoms with E-state index in [1.54, 1.807) is 12.1 Å². The van der Waals surface area contributed by atoms with Crippen molar-refractivity contribution in [1.82, 2.24) is 20.1 Å². The Bertz CT molecular complexity index is 816. The summed E-state index contributed by atoms with van der Waals surface area (Å²) in [6.45, 7) is -1.79. The molecule has 0 bridgehead atoms. The highest BCUT2D eigenvalue weighted by Gasteiger charge is 2.16. The molecule has 3 rings (SSSR count). The molecule has 1 aromatic carbocycles. The Morgan fingerprint density at radius 1 is 1.29 bits per heavy atom. The first-order chi connectivity index (χ1) is 13.6. The molecular formula is C18H22F2N4O3S. The Balaban J connectivity index is 1.51. The molecule has 0 aliphatic carbocycles. The van der Waals surface area contributed by atoms with E-state index in [4.69, 9.17) is 4.74 Å². The number of benzene rings is 1. The van der Waals surface area contributed by atoms with E-state index < -0.39 is 6.61 Å². The minimum atomic E-state index is -2.93. The average Bonchev–Trinajstić information content (AvgIpc) is 2.91. The Labute approximate surface area is 165 Å². The van der Waals surface area contributed by atoms with Gasteiger partial charge in [-0.1, -0.05) is 24.2 Å². The van der Waals surface area contributed by atoms with Gasteiger partial charge in [0.05, 0.1) is 12.9 Å². The van der Waals surface area contributed by atoms with Crippen molar-refractivity contribution in [3.05, 3.63) is 29.6 Å². The van der Waals surface area contributed by atoms with E-state index in [0.717, 1.165) is 36.8 Å². The van der Waals surface area contributed by atoms with Gasteiger partial charge in [0.15, 0.2) is 16.7 Å². The van der Waals surface area contributed by atoms with Gasteiger partial charge in [0.25, 0.3) is 0 Å². The third kappa shape index (κ3) is 5.34. The van der Waals surface area contributed by atoms with Crippen molar-refractivity contribution >= 4 is 17.7 Å². The third-order valence-electron chi connectivity index (χ3n) is 4.34. The predicted molar refractivity (Wildman–Crippen MR) is 99.8 cm³/mol. The van der Waals surface area contributed by atoms with Crippen LogP contribution in [0, 0.1) is 0 Å². The second-order valence-corrected chi connectivity index (χ2v) is 7.23. The number of carbonyl (C=O) groups is 1. The van der Waals surface area contributed by atoms with Gasteiger partial charge in [0.2, 0.25) is 5.91 Å². The first-order valence-corrected chi connectivity index (χ1v) is 9.98. The van der Waals surface area contributed by atoms with Crippen molar-refractivity contribution in [3.8, 4) is 11.5 Å². The Kier molecular flexibility index (Phi) is 7.07. The van der Waals surface area contributed by atoms with Crippen LogP contribution >= 0.6 is 11.8 Å². The Hall–Kier alpha value is -2.36. The fourth-order valence-corrected chi connectivity index (χ4v) is 3.78. The lowest BCUT2D eigenvalue weighted by atomic mass is 10.2. The molecule has 152 valence electrons. The van der Waals surface area contributed by atoms with E-state index in [-0.39, 0.29) is 29.7 Å². The number of carbonyl (C=O) groups excluding carboxylic acids is 1. The lowest BCUT2D eigenvalue weighted by Crippen LogP contribution is -2.24. The molecule has 2 aromatic rings. The lowest BCUT2D eigenvalue weighted by Gasteiger charge is -2.12. The SMILES string of the molecule is COc1cc(CNC(=O)CSc2nnc3n2CCCCC3)ccc1OC(F)F. The molecule has 1 N–H and O–H groups in total. The van der Waals surface area contributed by atoms with Crippen LogP contribution in [-0.2, 0) is 24.3 Å². The first kappa shape index (κ1) is 20.4. The summed E-state index contributed by atoms with van der Waals surface area (Å²) in [6.07, 6.45) is 4.32. The number of methoxy groups -OCH3 is 1. The van der Waals surface area contributed by atoms with E-state index in [1.807, 2.05) is 0 Å². The number of thioether (sulfide) groups is 1. The summed E-state index contributed by atoms with van der Waals surface area (Å²) >= 11 is 1.36. The third-order valence-corrected chi connectivity index (χ3v) is 5.31. The number of ether oxygens (including phenoxy) is 2. The normalized spacial score (nSPS) is 13.7. The number of nitrogens with one attached hydrogen (secondary N) is 1. The van der Waals surface area contributed by atoms with Gasteiger partial charge in [-0.05, 0) is 30.5 Å². The average molecular weight is 412 g/mol. The van der Waals surface area contributed by atoms with Crippen LogP contribution in [0.4, 0.5) is 8.78 Å². The van der Waals surface area contributed by atoms with Gasteiger partial charge in [-0.3, -0.25) is 4.79 Å². The van der Waals surface area contributed by atoms with Gasteiger partial charge in [0, 0.05) is 19.5 Å². The molecule has 0 saturated carbocycles. The summed E-state index contributed by atoms with van der Waals surface area (Å²) in [4.78, 5) is 12.2. The maximum Gasteiger partial charge on any atom is 0.387 e. The molecule has 0 saturated heterocycles. The van der Waals surface area contributed by atoms with Crippen molar-refractivity contribution in [2.75, 3.05) is 12.9 Å². The van der Waals surface area contributed by atoms with Crippen LogP contribution in [0.15, 0.2) is 23.4 Å². The minimum absolute atomic E-state index is 0.0457. The molecule has 0 spiro atoms. The largest absolute Gasteiger partial charge is 0.493 e. The van der Waals surface area contributed by atoms with Gasteiger partial charge >= 0.3 is 6.61 Å². The van der Waals surface area contributed by atoms with Crippen LogP contribution < -0.4 is 14.8 Å². The predicted octanol–water partition coefficient (Wildman–Crippen LogP) is 3.02. The molecule has 1 aromatic heterocycles. The number of halogens is 2. The highest BCUT2D eigenvalue weighted by Crippen LogP contribution is 2.29. The summed E-state index contributed by atoms with van der Waals surface area (Å²) in [6, 6.07) is 4.56. The monoisotopic (exact) mass is 412 g/mol. The summed E-state index contributed by atoms with van der Waals surface area (Å²) < 4.78 is 36.3. The number of fused-ring (bicyclic) bond motifs is 1. The minimum Gasteiger partial charge on any atom is -0.493 e. The van der Waals surface area contributed by atoms with E-state index in [9.17, 15) is 13.6 Å². The summed E-state index contributed by atoms with van der Waals surface area (Å²) in [5, 5.41) is 12.0. The molecule has 1 aliphatic rings. The standard InChI is InChI=1S/C18H22F2N4O3S/c1-26-14-9-12(6-7-13(14)27-17(19)20)10-21-16(25)11-28-18-23-22-15-5-3-2-4-8-24(15)18/h6-7,9,17H,2-5,8,10-11H2,1H3,(H,21,25). The smallest absolute Gasteiger partial charge is 0.387 e. The maximum absolute atomic E-state index is 12.4. The van der Waals surface area contributed by atoms with Crippen molar-refractivity contribution in [2.45, 2.75) is 50.5 Å². The molecule has 7 nitrogen and oxygen atoms in total. The number of aromatic nitrogens is 3. The first-order valence-electron chi connectivity index (χ1n) is 9.00. The number of rotatable bonds is 8. The Morgan fingerprint density at radius 2 is 2.14 bits per heavy atom. The molecule has 0 atom stereocenters. The van der Waals surface area contributed by atoms with Crippen molar-refractivity contribution in [2.24, 2.45) is 0 Å². The van der Waals surface area contributed by atoms with E-state index in [2.05, 4.69) is 24.8 Å². The van der Waals surface area contributed by atoms with Crippen molar-refractivity contribution in [1.29, 1.82) is 0 Å². The molecule has 0 fully saturated rings. The molecule has 10 heteroatoms. The second kappa shape index (κ2) is 9.72. The summed E-state index contributed by atoms with van der Waals surface area (Å²) in [5.41, 5.74) is 0.716. The van der Waals surface area contributed by atoms with Gasteiger partial charge in [0.1, 0.15) is 5.82 Å². The van der Waals surface area contributed by atoms with Crippen LogP contribution in [0.1, 0.15) is 30.7 Å². The van der Waals surface area contributed by atoms with E-state index in [0.29, 0.717) is 5.56 Å². The van der Waals surface area contributed by atoms with Gasteiger partial charge in [-0.25, -0.2) is 0 Å². The fourth-order valence-electron chi connectivity index (χ4n) is 2.96. The van der Waals surface area contributed by atoms with Crippen LogP contribution in [0.2, 0.25) is 0 Å². The van der Waals surface area contributed by atoms with Gasteiger partial charge in [-0.15, -0.1) is 10.2 Å². The zero-order valence-corrected chi connectivity index (χ0v) is 16.3. The molecule has 1 amide bonds. The Morgan fingerprint density at radius 3 is 2.93 bits per heavy atom. The molecule has 0 unspecified atom stereocenters. The zero-order valence-electron chi connectivity index (χ0n) is 15.5. The number of hydrogen-bond donors (Lipinski definition) is 1. The molecule has 2 heterocycles. The molecule has 1 aliphatic heterocycles. The van der Waals surface area contributed by atoms with Crippen LogP contribution in [-0.4, -0.2) is 40.1 Å². The fraction of sp³-hybridized carbons (Fsp3) is 0.500. The van der Waals surface area contributed by atoms with Gasteiger partial charge in [-0.2, -0.15) is 8.78 Å². The number of nitrogens with zero attached hydrogens (tertiary/aromatic N) is 3. The summed E-state index contributed by atoms with van der Waals surface area (Å²) in [7, 11) is 1.37. The van der Waals surface area contributed by atoms with Crippen LogP contribution in [0.3, 0.4) is 0 Å². The van der Waals surface area contributed by atoms with Crippen molar-refractivity contribution in [3.63, 3.8) is 0 Å². The second-order valence-electron chi connectivity index (χ2n) is 6.29. The topological polar surface area (TPSA) is 78.3 Å². The molecular weight excluding hydrogens is 390 g/mol. The highest BCUT2D eigenvalue weighted by molar-refractivity contribution is 7.99. The van der Waals surface area contributed by atoms with Gasteiger partial charge < -0.3 is 19.4 Å².